The maximum absolute atomic E-state index is 12.5. The molecule has 120 valence electrons. The second-order valence-electron chi connectivity index (χ2n) is 5.50. The molecule has 1 aromatic heterocycles. The van der Waals surface area contributed by atoms with Crippen LogP contribution >= 0.6 is 0 Å². The van der Waals surface area contributed by atoms with Crippen LogP contribution in [0.2, 0.25) is 0 Å². The molecule has 1 aliphatic heterocycles. The molecule has 6 heteroatoms. The Balaban J connectivity index is 2.04. The van der Waals surface area contributed by atoms with E-state index in [-0.39, 0.29) is 24.4 Å². The average Bonchev–Trinajstić information content (AvgIpc) is 2.55. The Morgan fingerprint density at radius 2 is 2.27 bits per heavy atom. The van der Waals surface area contributed by atoms with Crippen LogP contribution in [0.1, 0.15) is 31.0 Å². The normalized spacial score (nSPS) is 16.5. The Labute approximate surface area is 131 Å². The predicted molar refractivity (Wildman–Crippen MR) is 82.1 cm³/mol. The summed E-state index contributed by atoms with van der Waals surface area (Å²) in [6.07, 6.45) is 4.12. The van der Waals surface area contributed by atoms with Gasteiger partial charge in [0.25, 0.3) is 0 Å². The van der Waals surface area contributed by atoms with Crippen LogP contribution in [0.3, 0.4) is 0 Å². The van der Waals surface area contributed by atoms with Crippen molar-refractivity contribution in [2.45, 2.75) is 25.3 Å². The van der Waals surface area contributed by atoms with Gasteiger partial charge in [0, 0.05) is 33.3 Å². The fourth-order valence-electron chi connectivity index (χ4n) is 2.60. The highest BCUT2D eigenvalue weighted by Gasteiger charge is 2.26. The molecule has 6 nitrogen and oxygen atoms in total. The fraction of sp³-hybridized carbons (Fsp3) is 0.562. The molecule has 1 aromatic rings. The van der Waals surface area contributed by atoms with E-state index < -0.39 is 0 Å². The number of pyridine rings is 1. The van der Waals surface area contributed by atoms with Gasteiger partial charge in [-0.05, 0) is 25.0 Å². The summed E-state index contributed by atoms with van der Waals surface area (Å²) in [6, 6.07) is 5.34. The van der Waals surface area contributed by atoms with Gasteiger partial charge < -0.3 is 14.5 Å². The number of amides is 2. The van der Waals surface area contributed by atoms with Gasteiger partial charge in [-0.25, -0.2) is 0 Å². The zero-order chi connectivity index (χ0) is 15.9. The summed E-state index contributed by atoms with van der Waals surface area (Å²) in [6.45, 7) is 1.16. The van der Waals surface area contributed by atoms with Gasteiger partial charge in [-0.3, -0.25) is 14.6 Å². The van der Waals surface area contributed by atoms with Crippen molar-refractivity contribution in [2.24, 2.45) is 0 Å². The van der Waals surface area contributed by atoms with E-state index in [0.717, 1.165) is 18.5 Å². The predicted octanol–water partition coefficient (Wildman–Crippen LogP) is 1.24. The van der Waals surface area contributed by atoms with Crippen LogP contribution < -0.4 is 0 Å². The number of likely N-dealkylation sites (tertiary alicyclic amines) is 1. The quantitative estimate of drug-likeness (QED) is 0.793. The molecule has 2 heterocycles. The third-order valence-electron chi connectivity index (χ3n) is 3.96. The molecule has 0 N–H and O–H groups in total. The van der Waals surface area contributed by atoms with Gasteiger partial charge in [-0.2, -0.15) is 0 Å². The number of hydrogen-bond acceptors (Lipinski definition) is 4. The van der Waals surface area contributed by atoms with E-state index in [1.807, 2.05) is 18.2 Å². The standard InChI is InChI=1S/C16H23N3O3/c1-18(14(12-22-2)13-7-3-5-9-17-13)16(21)11-19-10-6-4-8-15(19)20/h3,5,7,9,14H,4,6,8,10-12H2,1-2H3/t14-/m0/s1. The zero-order valence-electron chi connectivity index (χ0n) is 13.2. The number of nitrogens with zero attached hydrogens (tertiary/aromatic N) is 3. The van der Waals surface area contributed by atoms with Gasteiger partial charge in [0.15, 0.2) is 0 Å². The minimum Gasteiger partial charge on any atom is -0.382 e. The van der Waals surface area contributed by atoms with Crippen molar-refractivity contribution in [2.75, 3.05) is 33.9 Å². The maximum Gasteiger partial charge on any atom is 0.242 e. The van der Waals surface area contributed by atoms with Crippen LogP contribution in [0, 0.1) is 0 Å². The van der Waals surface area contributed by atoms with E-state index in [0.29, 0.717) is 19.6 Å². The number of ether oxygens (including phenoxy) is 1. The minimum absolute atomic E-state index is 0.0640. The Hall–Kier alpha value is -1.95. The van der Waals surface area contributed by atoms with Crippen LogP contribution in [-0.4, -0.2) is 60.5 Å². The average molecular weight is 305 g/mol. The van der Waals surface area contributed by atoms with Gasteiger partial charge in [-0.15, -0.1) is 0 Å². The van der Waals surface area contributed by atoms with Crippen LogP contribution in [0.4, 0.5) is 0 Å². The molecule has 0 saturated carbocycles. The molecular formula is C16H23N3O3. The van der Waals surface area contributed by atoms with Crippen molar-refractivity contribution in [3.05, 3.63) is 30.1 Å². The van der Waals surface area contributed by atoms with Crippen LogP contribution in [-0.2, 0) is 14.3 Å². The Morgan fingerprint density at radius 1 is 1.45 bits per heavy atom. The molecule has 0 spiro atoms. The summed E-state index contributed by atoms with van der Waals surface area (Å²) in [5, 5.41) is 0. The minimum atomic E-state index is -0.251. The number of carbonyl (C=O) groups is 2. The first-order valence-corrected chi connectivity index (χ1v) is 7.56. The summed E-state index contributed by atoms with van der Waals surface area (Å²) in [7, 11) is 3.33. The number of rotatable bonds is 6. The molecule has 1 atom stereocenters. The van der Waals surface area contributed by atoms with Crippen LogP contribution in [0.25, 0.3) is 0 Å². The third kappa shape index (κ3) is 4.04. The summed E-state index contributed by atoms with van der Waals surface area (Å²) in [4.78, 5) is 31.9. The number of methoxy groups -OCH3 is 1. The van der Waals surface area contributed by atoms with E-state index in [2.05, 4.69) is 4.98 Å². The first-order chi connectivity index (χ1) is 10.6. The zero-order valence-corrected chi connectivity index (χ0v) is 13.2. The van der Waals surface area contributed by atoms with Crippen molar-refractivity contribution in [3.8, 4) is 0 Å². The third-order valence-corrected chi connectivity index (χ3v) is 3.96. The van der Waals surface area contributed by atoms with Gasteiger partial charge >= 0.3 is 0 Å². The summed E-state index contributed by atoms with van der Waals surface area (Å²) in [5.41, 5.74) is 0.783. The van der Waals surface area contributed by atoms with Crippen molar-refractivity contribution < 1.29 is 14.3 Å². The first-order valence-electron chi connectivity index (χ1n) is 7.56. The lowest BCUT2D eigenvalue weighted by Crippen LogP contribution is -2.45. The lowest BCUT2D eigenvalue weighted by molar-refractivity contribution is -0.143. The summed E-state index contributed by atoms with van der Waals surface area (Å²) < 4.78 is 5.23. The van der Waals surface area contributed by atoms with Gasteiger partial charge in [0.1, 0.15) is 0 Å². The highest BCUT2D eigenvalue weighted by Crippen LogP contribution is 2.18. The Morgan fingerprint density at radius 3 is 2.91 bits per heavy atom. The number of hydrogen-bond donors (Lipinski definition) is 0. The van der Waals surface area contributed by atoms with Crippen molar-refractivity contribution >= 4 is 11.8 Å². The second kappa shape index (κ2) is 7.89. The molecule has 2 amide bonds. The maximum atomic E-state index is 12.5. The number of likely N-dealkylation sites (N-methyl/N-ethyl adjacent to an activating group) is 1. The fourth-order valence-corrected chi connectivity index (χ4v) is 2.60. The van der Waals surface area contributed by atoms with E-state index >= 15 is 0 Å². The molecule has 0 aliphatic carbocycles. The monoisotopic (exact) mass is 305 g/mol. The Kier molecular flexibility index (Phi) is 5.89. The lowest BCUT2D eigenvalue weighted by atomic mass is 10.1. The van der Waals surface area contributed by atoms with Crippen molar-refractivity contribution in [1.82, 2.24) is 14.8 Å². The van der Waals surface area contributed by atoms with Crippen molar-refractivity contribution in [1.29, 1.82) is 0 Å². The molecule has 1 saturated heterocycles. The number of aromatic nitrogens is 1. The van der Waals surface area contributed by atoms with Gasteiger partial charge in [0.05, 0.1) is 24.9 Å². The van der Waals surface area contributed by atoms with Crippen LogP contribution in [0.15, 0.2) is 24.4 Å². The van der Waals surface area contributed by atoms with Crippen LogP contribution in [0.5, 0.6) is 0 Å². The largest absolute Gasteiger partial charge is 0.382 e. The summed E-state index contributed by atoms with van der Waals surface area (Å²) >= 11 is 0. The molecule has 1 aliphatic rings. The highest BCUT2D eigenvalue weighted by molar-refractivity contribution is 5.85. The van der Waals surface area contributed by atoms with Gasteiger partial charge in [-0.1, -0.05) is 6.07 Å². The number of piperidine rings is 1. The molecule has 22 heavy (non-hydrogen) atoms. The lowest BCUT2D eigenvalue weighted by Gasteiger charge is -2.31. The molecule has 1 fully saturated rings. The molecule has 0 radical (unpaired) electrons. The molecule has 0 bridgehead atoms. The summed E-state index contributed by atoms with van der Waals surface area (Å²) in [5.74, 6) is -0.0305. The molecular weight excluding hydrogens is 282 g/mol. The number of carbonyl (C=O) groups excluding carboxylic acids is 2. The van der Waals surface area contributed by atoms with Crippen molar-refractivity contribution in [3.63, 3.8) is 0 Å². The molecule has 2 rings (SSSR count). The Bertz CT molecular complexity index is 507. The smallest absolute Gasteiger partial charge is 0.242 e. The van der Waals surface area contributed by atoms with E-state index in [1.54, 1.807) is 30.2 Å². The SMILES string of the molecule is COC[C@@H](c1ccccn1)N(C)C(=O)CN1CCCCC1=O. The van der Waals surface area contributed by atoms with Gasteiger partial charge in [0.2, 0.25) is 11.8 Å². The molecule has 0 aromatic carbocycles. The van der Waals surface area contributed by atoms with E-state index in [1.165, 1.54) is 0 Å². The second-order valence-corrected chi connectivity index (χ2v) is 5.50. The topological polar surface area (TPSA) is 62.7 Å². The highest BCUT2D eigenvalue weighted by atomic mass is 16.5. The van der Waals surface area contributed by atoms with E-state index in [9.17, 15) is 9.59 Å². The molecule has 0 unspecified atom stereocenters. The van der Waals surface area contributed by atoms with E-state index in [4.69, 9.17) is 4.74 Å². The first kappa shape index (κ1) is 16.4.